The van der Waals surface area contributed by atoms with Crippen LogP contribution in [-0.2, 0) is 10.0 Å². The lowest BCUT2D eigenvalue weighted by Gasteiger charge is -2.18. The van der Waals surface area contributed by atoms with E-state index < -0.39 is 10.0 Å². The maximum absolute atomic E-state index is 11.9. The third kappa shape index (κ3) is 2.99. The number of sulfonamides is 1. The highest BCUT2D eigenvalue weighted by molar-refractivity contribution is 7.91. The number of hydrogen-bond acceptors (Lipinski definition) is 5. The summed E-state index contributed by atoms with van der Waals surface area (Å²) in [4.78, 5) is 0. The van der Waals surface area contributed by atoms with Crippen molar-refractivity contribution in [3.05, 3.63) is 17.5 Å². The van der Waals surface area contributed by atoms with Crippen LogP contribution in [0.15, 0.2) is 21.7 Å². The Hall–Kier alpha value is -0.470. The van der Waals surface area contributed by atoms with Gasteiger partial charge < -0.3 is 10.2 Å². The highest BCUT2D eigenvalue weighted by Crippen LogP contribution is 2.20. The Bertz CT molecular complexity index is 367. The zero-order valence-electron chi connectivity index (χ0n) is 8.04. The smallest absolute Gasteiger partial charge is 0.252 e. The summed E-state index contributed by atoms with van der Waals surface area (Å²) in [6, 6.07) is 3.15. The molecule has 1 aromatic rings. The lowest BCUT2D eigenvalue weighted by Crippen LogP contribution is -2.35. The first kappa shape index (κ1) is 12.6. The van der Waals surface area contributed by atoms with Crippen LogP contribution < -0.4 is 0 Å². The highest BCUT2D eigenvalue weighted by atomic mass is 32.2. The first-order valence-electron chi connectivity index (χ1n) is 4.38. The number of thiophene rings is 1. The second-order valence-electron chi connectivity index (χ2n) is 2.78. The number of aliphatic hydroxyl groups excluding tert-OH is 2. The van der Waals surface area contributed by atoms with Gasteiger partial charge in [0.05, 0.1) is 13.2 Å². The van der Waals surface area contributed by atoms with E-state index in [0.717, 1.165) is 15.6 Å². The van der Waals surface area contributed by atoms with Crippen molar-refractivity contribution in [3.63, 3.8) is 0 Å². The average Bonchev–Trinajstić information content (AvgIpc) is 2.70. The molecule has 0 unspecified atom stereocenters. The molecule has 15 heavy (non-hydrogen) atoms. The van der Waals surface area contributed by atoms with E-state index in [4.69, 9.17) is 10.2 Å². The second kappa shape index (κ2) is 5.57. The molecule has 7 heteroatoms. The zero-order chi connectivity index (χ0) is 11.3. The van der Waals surface area contributed by atoms with Crippen LogP contribution in [-0.4, -0.2) is 49.2 Å². The Balaban J connectivity index is 2.91. The topological polar surface area (TPSA) is 77.8 Å². The Morgan fingerprint density at radius 2 is 1.87 bits per heavy atom. The minimum absolute atomic E-state index is 0.000787. The molecule has 0 aliphatic carbocycles. The lowest BCUT2D eigenvalue weighted by molar-refractivity contribution is 0.217. The van der Waals surface area contributed by atoms with Gasteiger partial charge in [-0.05, 0) is 11.4 Å². The molecule has 0 bridgehead atoms. The third-order valence-corrected chi connectivity index (χ3v) is 5.06. The molecular weight excluding hydrogens is 238 g/mol. The summed E-state index contributed by atoms with van der Waals surface area (Å²) >= 11 is 1.12. The standard InChI is InChI=1S/C8H13NO4S2/c10-5-3-9(4-6-11)15(12,13)8-2-1-7-14-8/h1-2,7,10-11H,3-6H2. The average molecular weight is 251 g/mol. The van der Waals surface area contributed by atoms with Crippen LogP contribution in [0.3, 0.4) is 0 Å². The first-order valence-corrected chi connectivity index (χ1v) is 6.70. The molecule has 1 aromatic heterocycles. The molecule has 0 amide bonds. The van der Waals surface area contributed by atoms with E-state index in [1.54, 1.807) is 11.4 Å². The molecule has 0 radical (unpaired) electrons. The predicted molar refractivity (Wildman–Crippen MR) is 57.2 cm³/mol. The Kier molecular flexibility index (Phi) is 4.68. The van der Waals surface area contributed by atoms with Crippen LogP contribution in [0.5, 0.6) is 0 Å². The molecule has 2 N–H and O–H groups in total. The van der Waals surface area contributed by atoms with Crippen molar-refractivity contribution in [2.24, 2.45) is 0 Å². The van der Waals surface area contributed by atoms with E-state index >= 15 is 0 Å². The van der Waals surface area contributed by atoms with Gasteiger partial charge in [0.25, 0.3) is 10.0 Å². The van der Waals surface area contributed by atoms with E-state index in [-0.39, 0.29) is 30.5 Å². The quantitative estimate of drug-likeness (QED) is 0.729. The molecule has 0 aromatic carbocycles. The molecule has 86 valence electrons. The van der Waals surface area contributed by atoms with Crippen molar-refractivity contribution in [1.82, 2.24) is 4.31 Å². The van der Waals surface area contributed by atoms with E-state index in [1.807, 2.05) is 0 Å². The maximum atomic E-state index is 11.9. The summed E-state index contributed by atoms with van der Waals surface area (Å²) in [7, 11) is -3.55. The van der Waals surface area contributed by atoms with E-state index in [1.165, 1.54) is 6.07 Å². The highest BCUT2D eigenvalue weighted by Gasteiger charge is 2.24. The summed E-state index contributed by atoms with van der Waals surface area (Å²) < 4.78 is 25.1. The van der Waals surface area contributed by atoms with Crippen molar-refractivity contribution in [3.8, 4) is 0 Å². The van der Waals surface area contributed by atoms with Crippen molar-refractivity contribution < 1.29 is 18.6 Å². The van der Waals surface area contributed by atoms with Crippen LogP contribution >= 0.6 is 11.3 Å². The fourth-order valence-corrected chi connectivity index (χ4v) is 3.68. The Morgan fingerprint density at radius 1 is 1.27 bits per heavy atom. The van der Waals surface area contributed by atoms with Crippen LogP contribution in [0.25, 0.3) is 0 Å². The number of nitrogens with zero attached hydrogens (tertiary/aromatic N) is 1. The summed E-state index contributed by atoms with van der Waals surface area (Å²) in [5, 5.41) is 19.1. The van der Waals surface area contributed by atoms with E-state index in [0.29, 0.717) is 0 Å². The van der Waals surface area contributed by atoms with Crippen LogP contribution in [0.4, 0.5) is 0 Å². The van der Waals surface area contributed by atoms with Gasteiger partial charge in [-0.2, -0.15) is 4.31 Å². The summed E-state index contributed by atoms with van der Waals surface area (Å²) in [5.41, 5.74) is 0. The van der Waals surface area contributed by atoms with Crippen LogP contribution in [0.2, 0.25) is 0 Å². The molecule has 0 aliphatic heterocycles. The predicted octanol–water partition coefficient (Wildman–Crippen LogP) is -0.277. The number of aliphatic hydroxyl groups is 2. The molecule has 1 rings (SSSR count). The van der Waals surface area contributed by atoms with Crippen LogP contribution in [0.1, 0.15) is 0 Å². The molecule has 0 fully saturated rings. The van der Waals surface area contributed by atoms with Gasteiger partial charge in [-0.25, -0.2) is 8.42 Å². The van der Waals surface area contributed by atoms with Gasteiger partial charge in [0, 0.05) is 13.1 Å². The van der Waals surface area contributed by atoms with E-state index in [9.17, 15) is 8.42 Å². The summed E-state index contributed by atoms with van der Waals surface area (Å²) in [6.07, 6.45) is 0. The van der Waals surface area contributed by atoms with Crippen LogP contribution in [0, 0.1) is 0 Å². The fourth-order valence-electron chi connectivity index (χ4n) is 1.11. The number of hydrogen-bond donors (Lipinski definition) is 2. The largest absolute Gasteiger partial charge is 0.395 e. The molecular formula is C8H13NO4S2. The molecule has 0 atom stereocenters. The van der Waals surface area contributed by atoms with E-state index in [2.05, 4.69) is 0 Å². The molecule has 0 saturated heterocycles. The van der Waals surface area contributed by atoms with Gasteiger partial charge >= 0.3 is 0 Å². The maximum Gasteiger partial charge on any atom is 0.252 e. The lowest BCUT2D eigenvalue weighted by atomic mass is 10.6. The zero-order valence-corrected chi connectivity index (χ0v) is 9.67. The number of rotatable bonds is 6. The monoisotopic (exact) mass is 251 g/mol. The molecule has 0 spiro atoms. The Labute approximate surface area is 92.6 Å². The Morgan fingerprint density at radius 3 is 2.27 bits per heavy atom. The van der Waals surface area contributed by atoms with Gasteiger partial charge in [-0.1, -0.05) is 6.07 Å². The molecule has 1 heterocycles. The van der Waals surface area contributed by atoms with Gasteiger partial charge in [0.1, 0.15) is 4.21 Å². The summed E-state index contributed by atoms with van der Waals surface area (Å²) in [6.45, 7) is -0.517. The van der Waals surface area contributed by atoms with Crippen molar-refractivity contribution in [2.75, 3.05) is 26.3 Å². The molecule has 5 nitrogen and oxygen atoms in total. The van der Waals surface area contributed by atoms with Crippen molar-refractivity contribution >= 4 is 21.4 Å². The molecule has 0 aliphatic rings. The van der Waals surface area contributed by atoms with Gasteiger partial charge in [0.2, 0.25) is 0 Å². The van der Waals surface area contributed by atoms with Gasteiger partial charge in [-0.15, -0.1) is 11.3 Å². The molecule has 0 saturated carbocycles. The minimum atomic E-state index is -3.55. The minimum Gasteiger partial charge on any atom is -0.395 e. The van der Waals surface area contributed by atoms with Crippen molar-refractivity contribution in [2.45, 2.75) is 4.21 Å². The van der Waals surface area contributed by atoms with Gasteiger partial charge in [-0.3, -0.25) is 0 Å². The fraction of sp³-hybridized carbons (Fsp3) is 0.500. The van der Waals surface area contributed by atoms with Gasteiger partial charge in [0.15, 0.2) is 0 Å². The van der Waals surface area contributed by atoms with Crippen molar-refractivity contribution in [1.29, 1.82) is 0 Å². The third-order valence-electron chi connectivity index (χ3n) is 1.79. The SMILES string of the molecule is O=S(=O)(c1cccs1)N(CCO)CCO. The second-order valence-corrected chi connectivity index (χ2v) is 5.90. The first-order chi connectivity index (χ1) is 7.12. The normalized spacial score (nSPS) is 12.2. The summed E-state index contributed by atoms with van der Waals surface area (Å²) in [5.74, 6) is 0.